The zero-order valence-electron chi connectivity index (χ0n) is 9.40. The van der Waals surface area contributed by atoms with Gasteiger partial charge in [0.05, 0.1) is 11.9 Å². The lowest BCUT2D eigenvalue weighted by Gasteiger charge is -2.22. The average molecular weight is 227 g/mol. The molecular weight excluding hydrogens is 210 g/mol. The molecule has 0 unspecified atom stereocenters. The smallest absolute Gasteiger partial charge is 0.232 e. The van der Waals surface area contributed by atoms with Crippen molar-refractivity contribution >= 4 is 15.7 Å². The molecule has 0 heterocycles. The predicted molar refractivity (Wildman–Crippen MR) is 63.7 cm³/mol. The topological polar surface area (TPSA) is 37.4 Å². The van der Waals surface area contributed by atoms with E-state index < -0.39 is 10.0 Å². The SMILES string of the molecule is CCc1ccccc1N(CC)S(C)(=O)=O. The Labute approximate surface area is 91.8 Å². The van der Waals surface area contributed by atoms with Gasteiger partial charge in [0.25, 0.3) is 0 Å². The van der Waals surface area contributed by atoms with E-state index in [1.807, 2.05) is 38.1 Å². The van der Waals surface area contributed by atoms with E-state index in [2.05, 4.69) is 0 Å². The van der Waals surface area contributed by atoms with E-state index in [-0.39, 0.29) is 0 Å². The second kappa shape index (κ2) is 4.66. The zero-order chi connectivity index (χ0) is 11.5. The van der Waals surface area contributed by atoms with E-state index in [0.29, 0.717) is 6.54 Å². The van der Waals surface area contributed by atoms with Crippen molar-refractivity contribution in [3.8, 4) is 0 Å². The molecular formula is C11H17NO2S. The van der Waals surface area contributed by atoms with Gasteiger partial charge in [0, 0.05) is 6.54 Å². The van der Waals surface area contributed by atoms with Crippen LogP contribution in [0.4, 0.5) is 5.69 Å². The maximum absolute atomic E-state index is 11.6. The summed E-state index contributed by atoms with van der Waals surface area (Å²) in [5.41, 5.74) is 1.86. The van der Waals surface area contributed by atoms with Gasteiger partial charge >= 0.3 is 0 Å². The van der Waals surface area contributed by atoms with Gasteiger partial charge in [-0.3, -0.25) is 4.31 Å². The standard InChI is InChI=1S/C11H17NO2S/c1-4-10-8-6-7-9-11(10)12(5-2)15(3,13)14/h6-9H,4-5H2,1-3H3. The molecule has 0 fully saturated rings. The molecule has 1 rings (SSSR count). The molecule has 0 spiro atoms. The fraction of sp³-hybridized carbons (Fsp3) is 0.455. The number of benzene rings is 1. The largest absolute Gasteiger partial charge is 0.270 e. The van der Waals surface area contributed by atoms with Crippen LogP contribution in [-0.4, -0.2) is 21.2 Å². The maximum Gasteiger partial charge on any atom is 0.232 e. The van der Waals surface area contributed by atoms with Crippen LogP contribution >= 0.6 is 0 Å². The third-order valence-electron chi connectivity index (χ3n) is 2.33. The van der Waals surface area contributed by atoms with Crippen molar-refractivity contribution in [1.29, 1.82) is 0 Å². The summed E-state index contributed by atoms with van der Waals surface area (Å²) in [4.78, 5) is 0. The highest BCUT2D eigenvalue weighted by Crippen LogP contribution is 2.22. The molecule has 0 atom stereocenters. The fourth-order valence-electron chi connectivity index (χ4n) is 1.64. The molecule has 0 N–H and O–H groups in total. The van der Waals surface area contributed by atoms with Gasteiger partial charge in [0.2, 0.25) is 10.0 Å². The molecule has 0 aliphatic heterocycles. The Balaban J connectivity index is 3.24. The van der Waals surface area contributed by atoms with E-state index in [0.717, 1.165) is 17.7 Å². The van der Waals surface area contributed by atoms with Crippen molar-refractivity contribution in [1.82, 2.24) is 0 Å². The molecule has 3 nitrogen and oxygen atoms in total. The average Bonchev–Trinajstić information content (AvgIpc) is 2.17. The van der Waals surface area contributed by atoms with E-state index in [9.17, 15) is 8.42 Å². The Morgan fingerprint density at radius 3 is 2.27 bits per heavy atom. The summed E-state index contributed by atoms with van der Waals surface area (Å²) in [6, 6.07) is 7.60. The summed E-state index contributed by atoms with van der Waals surface area (Å²) in [5, 5.41) is 0. The summed E-state index contributed by atoms with van der Waals surface area (Å²) in [6.07, 6.45) is 2.07. The van der Waals surface area contributed by atoms with Crippen molar-refractivity contribution in [2.75, 3.05) is 17.1 Å². The second-order valence-corrected chi connectivity index (χ2v) is 5.32. The first-order valence-electron chi connectivity index (χ1n) is 5.06. The van der Waals surface area contributed by atoms with Gasteiger partial charge in [0.15, 0.2) is 0 Å². The summed E-state index contributed by atoms with van der Waals surface area (Å²) in [6.45, 7) is 4.33. The normalized spacial score (nSPS) is 11.4. The van der Waals surface area contributed by atoms with E-state index in [1.165, 1.54) is 10.6 Å². The zero-order valence-corrected chi connectivity index (χ0v) is 10.2. The fourth-order valence-corrected chi connectivity index (χ4v) is 2.64. The maximum atomic E-state index is 11.6. The van der Waals surface area contributed by atoms with Gasteiger partial charge in [-0.2, -0.15) is 0 Å². The van der Waals surface area contributed by atoms with Crippen molar-refractivity contribution in [2.45, 2.75) is 20.3 Å². The van der Waals surface area contributed by atoms with Gasteiger partial charge in [-0.1, -0.05) is 25.1 Å². The number of para-hydroxylation sites is 1. The first kappa shape index (κ1) is 12.0. The molecule has 0 saturated carbocycles. The molecule has 0 amide bonds. The molecule has 0 bridgehead atoms. The summed E-state index contributed by atoms with van der Waals surface area (Å²) >= 11 is 0. The summed E-state index contributed by atoms with van der Waals surface area (Å²) in [7, 11) is -3.17. The Kier molecular flexibility index (Phi) is 3.74. The quantitative estimate of drug-likeness (QED) is 0.789. The monoisotopic (exact) mass is 227 g/mol. The molecule has 1 aromatic rings. The number of hydrogen-bond donors (Lipinski definition) is 0. The molecule has 0 aliphatic rings. The minimum absolute atomic E-state index is 0.468. The third kappa shape index (κ3) is 2.72. The van der Waals surface area contributed by atoms with E-state index in [1.54, 1.807) is 0 Å². The minimum atomic E-state index is -3.17. The third-order valence-corrected chi connectivity index (χ3v) is 3.58. The second-order valence-electron chi connectivity index (χ2n) is 3.41. The Morgan fingerprint density at radius 2 is 1.80 bits per heavy atom. The number of nitrogens with zero attached hydrogens (tertiary/aromatic N) is 1. The van der Waals surface area contributed by atoms with Crippen LogP contribution in [0.2, 0.25) is 0 Å². The Bertz CT molecular complexity index is 426. The molecule has 4 heteroatoms. The first-order chi connectivity index (χ1) is 7.00. The van der Waals surface area contributed by atoms with Crippen LogP contribution in [-0.2, 0) is 16.4 Å². The van der Waals surface area contributed by atoms with Crippen molar-refractivity contribution < 1.29 is 8.42 Å². The highest BCUT2D eigenvalue weighted by molar-refractivity contribution is 7.92. The van der Waals surface area contributed by atoms with Gasteiger partial charge in [-0.15, -0.1) is 0 Å². The van der Waals surface area contributed by atoms with Crippen LogP contribution in [0.1, 0.15) is 19.4 Å². The number of aryl methyl sites for hydroxylation is 1. The molecule has 84 valence electrons. The highest BCUT2D eigenvalue weighted by atomic mass is 32.2. The lowest BCUT2D eigenvalue weighted by atomic mass is 10.1. The number of sulfonamides is 1. The van der Waals surface area contributed by atoms with Crippen LogP contribution in [0.25, 0.3) is 0 Å². The summed E-state index contributed by atoms with van der Waals surface area (Å²) in [5.74, 6) is 0. The van der Waals surface area contributed by atoms with Crippen molar-refractivity contribution in [3.63, 3.8) is 0 Å². The molecule has 0 radical (unpaired) electrons. The highest BCUT2D eigenvalue weighted by Gasteiger charge is 2.16. The minimum Gasteiger partial charge on any atom is -0.270 e. The number of anilines is 1. The summed E-state index contributed by atoms with van der Waals surface area (Å²) < 4.78 is 24.6. The van der Waals surface area contributed by atoms with Crippen LogP contribution in [0.5, 0.6) is 0 Å². The van der Waals surface area contributed by atoms with Gasteiger partial charge in [-0.05, 0) is 25.0 Å². The lowest BCUT2D eigenvalue weighted by molar-refractivity contribution is 0.597. The van der Waals surface area contributed by atoms with Gasteiger partial charge in [0.1, 0.15) is 0 Å². The molecule has 15 heavy (non-hydrogen) atoms. The van der Waals surface area contributed by atoms with Gasteiger partial charge < -0.3 is 0 Å². The van der Waals surface area contributed by atoms with Gasteiger partial charge in [-0.25, -0.2) is 8.42 Å². The predicted octanol–water partition coefficient (Wildman–Crippen LogP) is 2.03. The number of rotatable bonds is 4. The van der Waals surface area contributed by atoms with Crippen LogP contribution < -0.4 is 4.31 Å². The Morgan fingerprint density at radius 1 is 1.20 bits per heavy atom. The van der Waals surface area contributed by atoms with Crippen LogP contribution in [0, 0.1) is 0 Å². The van der Waals surface area contributed by atoms with Crippen LogP contribution in [0.15, 0.2) is 24.3 Å². The molecule has 1 aromatic carbocycles. The molecule has 0 aliphatic carbocycles. The van der Waals surface area contributed by atoms with Crippen molar-refractivity contribution in [2.24, 2.45) is 0 Å². The van der Waals surface area contributed by atoms with E-state index >= 15 is 0 Å². The first-order valence-corrected chi connectivity index (χ1v) is 6.91. The van der Waals surface area contributed by atoms with Crippen LogP contribution in [0.3, 0.4) is 0 Å². The number of hydrogen-bond acceptors (Lipinski definition) is 2. The van der Waals surface area contributed by atoms with Crippen molar-refractivity contribution in [3.05, 3.63) is 29.8 Å². The van der Waals surface area contributed by atoms with E-state index in [4.69, 9.17) is 0 Å². The molecule has 0 saturated heterocycles. The molecule has 0 aromatic heterocycles. The lowest BCUT2D eigenvalue weighted by Crippen LogP contribution is -2.30. The Hall–Kier alpha value is -1.03.